The third-order valence-electron chi connectivity index (χ3n) is 5.41. The molecule has 1 aromatic carbocycles. The van der Waals surface area contributed by atoms with E-state index >= 15 is 0 Å². The summed E-state index contributed by atoms with van der Waals surface area (Å²) in [5, 5.41) is 1.98. The van der Waals surface area contributed by atoms with Crippen molar-refractivity contribution in [2.75, 3.05) is 31.1 Å². The van der Waals surface area contributed by atoms with Crippen molar-refractivity contribution in [1.29, 1.82) is 0 Å². The number of thiazole rings is 1. The Kier molecular flexibility index (Phi) is 4.48. The molecular formula is C18H24ClN3S. The quantitative estimate of drug-likeness (QED) is 0.782. The van der Waals surface area contributed by atoms with Crippen LogP contribution in [0.15, 0.2) is 12.1 Å². The normalized spacial score (nSPS) is 21.2. The van der Waals surface area contributed by atoms with E-state index in [0.717, 1.165) is 40.4 Å². The molecule has 1 saturated heterocycles. The van der Waals surface area contributed by atoms with E-state index in [1.54, 1.807) is 11.3 Å². The van der Waals surface area contributed by atoms with Gasteiger partial charge in [0.05, 0.1) is 10.2 Å². The Morgan fingerprint density at radius 1 is 1.09 bits per heavy atom. The number of aromatic nitrogens is 1. The second-order valence-electron chi connectivity index (χ2n) is 6.83. The smallest absolute Gasteiger partial charge is 0.186 e. The van der Waals surface area contributed by atoms with Crippen molar-refractivity contribution in [2.24, 2.45) is 0 Å². The molecule has 1 saturated carbocycles. The number of benzene rings is 1. The van der Waals surface area contributed by atoms with Crippen LogP contribution in [0.3, 0.4) is 0 Å². The molecule has 1 aliphatic heterocycles. The van der Waals surface area contributed by atoms with Gasteiger partial charge < -0.3 is 4.90 Å². The summed E-state index contributed by atoms with van der Waals surface area (Å²) < 4.78 is 1.25. The molecule has 0 unspecified atom stereocenters. The number of fused-ring (bicyclic) bond motifs is 1. The predicted octanol–water partition coefficient (Wildman–Crippen LogP) is 4.71. The van der Waals surface area contributed by atoms with Gasteiger partial charge in [-0.05, 0) is 37.5 Å². The van der Waals surface area contributed by atoms with Crippen LogP contribution in [0.1, 0.15) is 37.7 Å². The number of aryl methyl sites for hydroxylation is 1. The average Bonchev–Trinajstić information content (AvgIpc) is 3.04. The van der Waals surface area contributed by atoms with Crippen molar-refractivity contribution in [3.63, 3.8) is 0 Å². The van der Waals surface area contributed by atoms with E-state index in [-0.39, 0.29) is 0 Å². The molecule has 23 heavy (non-hydrogen) atoms. The Bertz CT molecular complexity index is 685. The Labute approximate surface area is 147 Å². The van der Waals surface area contributed by atoms with E-state index in [9.17, 15) is 0 Å². The summed E-state index contributed by atoms with van der Waals surface area (Å²) in [6.45, 7) is 6.63. The van der Waals surface area contributed by atoms with Crippen LogP contribution in [0, 0.1) is 6.92 Å². The van der Waals surface area contributed by atoms with Crippen LogP contribution in [0.2, 0.25) is 5.02 Å². The summed E-state index contributed by atoms with van der Waals surface area (Å²) >= 11 is 8.03. The van der Waals surface area contributed by atoms with Crippen molar-refractivity contribution in [1.82, 2.24) is 9.88 Å². The summed E-state index contributed by atoms with van der Waals surface area (Å²) in [5.74, 6) is 0. The van der Waals surface area contributed by atoms with Gasteiger partial charge in [-0.1, -0.05) is 42.2 Å². The van der Waals surface area contributed by atoms with Gasteiger partial charge in [-0.3, -0.25) is 4.90 Å². The highest BCUT2D eigenvalue weighted by atomic mass is 35.5. The minimum Gasteiger partial charge on any atom is -0.345 e. The van der Waals surface area contributed by atoms with Crippen LogP contribution in [0.5, 0.6) is 0 Å². The molecule has 0 N–H and O–H groups in total. The zero-order valence-electron chi connectivity index (χ0n) is 13.7. The predicted molar refractivity (Wildman–Crippen MR) is 100 cm³/mol. The van der Waals surface area contributed by atoms with Gasteiger partial charge in [-0.25, -0.2) is 4.98 Å². The topological polar surface area (TPSA) is 19.4 Å². The Morgan fingerprint density at radius 2 is 1.83 bits per heavy atom. The molecule has 0 bridgehead atoms. The van der Waals surface area contributed by atoms with Crippen LogP contribution in [-0.2, 0) is 0 Å². The first-order valence-electron chi connectivity index (χ1n) is 8.77. The molecule has 5 heteroatoms. The molecule has 2 heterocycles. The van der Waals surface area contributed by atoms with Crippen molar-refractivity contribution in [3.05, 3.63) is 22.7 Å². The Balaban J connectivity index is 1.47. The fraction of sp³-hybridized carbons (Fsp3) is 0.611. The maximum absolute atomic E-state index is 6.23. The van der Waals surface area contributed by atoms with Crippen molar-refractivity contribution in [3.8, 4) is 0 Å². The van der Waals surface area contributed by atoms with E-state index < -0.39 is 0 Å². The second-order valence-corrected chi connectivity index (χ2v) is 8.25. The van der Waals surface area contributed by atoms with Crippen LogP contribution in [0.25, 0.3) is 10.2 Å². The lowest BCUT2D eigenvalue weighted by Crippen LogP contribution is -2.50. The fourth-order valence-corrected chi connectivity index (χ4v) is 5.18. The number of halogens is 1. The van der Waals surface area contributed by atoms with Gasteiger partial charge in [0.2, 0.25) is 0 Å². The lowest BCUT2D eigenvalue weighted by atomic mass is 9.94. The van der Waals surface area contributed by atoms with Gasteiger partial charge in [0.25, 0.3) is 0 Å². The summed E-state index contributed by atoms with van der Waals surface area (Å²) in [6.07, 6.45) is 7.08. The monoisotopic (exact) mass is 349 g/mol. The first kappa shape index (κ1) is 15.7. The van der Waals surface area contributed by atoms with Crippen molar-refractivity contribution >= 4 is 38.3 Å². The van der Waals surface area contributed by atoms with E-state index in [2.05, 4.69) is 22.8 Å². The Hall–Kier alpha value is -0.840. The number of anilines is 1. The van der Waals surface area contributed by atoms with Crippen molar-refractivity contribution in [2.45, 2.75) is 45.1 Å². The molecule has 0 radical (unpaired) electrons. The maximum Gasteiger partial charge on any atom is 0.186 e. The molecule has 1 aliphatic carbocycles. The molecule has 0 atom stereocenters. The number of nitrogens with zero attached hydrogens (tertiary/aromatic N) is 3. The molecule has 2 fully saturated rings. The molecule has 3 nitrogen and oxygen atoms in total. The largest absolute Gasteiger partial charge is 0.345 e. The van der Waals surface area contributed by atoms with Crippen LogP contribution < -0.4 is 4.90 Å². The molecule has 0 spiro atoms. The second kappa shape index (κ2) is 6.58. The van der Waals surface area contributed by atoms with Gasteiger partial charge in [-0.15, -0.1) is 0 Å². The van der Waals surface area contributed by atoms with Gasteiger partial charge in [-0.2, -0.15) is 0 Å². The minimum absolute atomic E-state index is 0.816. The standard InChI is InChI=1S/C18H24ClN3S/c1-13-15(19)7-8-16-17(13)20-18(23-16)22-11-9-21(10-12-22)14-5-3-2-4-6-14/h7-8,14H,2-6,9-12H2,1H3. The van der Waals surface area contributed by atoms with Gasteiger partial charge in [0.1, 0.15) is 0 Å². The minimum atomic E-state index is 0.816. The average molecular weight is 350 g/mol. The van der Waals surface area contributed by atoms with Gasteiger partial charge in [0.15, 0.2) is 5.13 Å². The number of rotatable bonds is 2. The highest BCUT2D eigenvalue weighted by Crippen LogP contribution is 2.34. The fourth-order valence-electron chi connectivity index (χ4n) is 3.95. The third kappa shape index (κ3) is 3.09. The van der Waals surface area contributed by atoms with Gasteiger partial charge >= 0.3 is 0 Å². The Morgan fingerprint density at radius 3 is 2.57 bits per heavy atom. The molecule has 2 aromatic rings. The summed E-state index contributed by atoms with van der Waals surface area (Å²) in [5.41, 5.74) is 2.18. The zero-order chi connectivity index (χ0) is 15.8. The first-order valence-corrected chi connectivity index (χ1v) is 9.96. The summed E-state index contributed by atoms with van der Waals surface area (Å²) in [6, 6.07) is 4.93. The third-order valence-corrected chi connectivity index (χ3v) is 6.90. The lowest BCUT2D eigenvalue weighted by molar-refractivity contribution is 0.148. The highest BCUT2D eigenvalue weighted by molar-refractivity contribution is 7.22. The van der Waals surface area contributed by atoms with E-state index in [0.29, 0.717) is 0 Å². The van der Waals surface area contributed by atoms with Crippen molar-refractivity contribution < 1.29 is 0 Å². The molecular weight excluding hydrogens is 326 g/mol. The maximum atomic E-state index is 6.23. The van der Waals surface area contributed by atoms with Crippen LogP contribution in [-0.4, -0.2) is 42.1 Å². The number of hydrogen-bond acceptors (Lipinski definition) is 4. The van der Waals surface area contributed by atoms with E-state index in [1.807, 2.05) is 6.07 Å². The summed E-state index contributed by atoms with van der Waals surface area (Å²) in [7, 11) is 0. The van der Waals surface area contributed by atoms with E-state index in [4.69, 9.17) is 16.6 Å². The van der Waals surface area contributed by atoms with Crippen LogP contribution >= 0.6 is 22.9 Å². The molecule has 2 aliphatic rings. The number of piperazine rings is 1. The zero-order valence-corrected chi connectivity index (χ0v) is 15.3. The van der Waals surface area contributed by atoms with E-state index in [1.165, 1.54) is 49.9 Å². The van der Waals surface area contributed by atoms with Gasteiger partial charge in [0, 0.05) is 37.2 Å². The molecule has 0 amide bonds. The molecule has 124 valence electrons. The summed E-state index contributed by atoms with van der Waals surface area (Å²) in [4.78, 5) is 10.0. The highest BCUT2D eigenvalue weighted by Gasteiger charge is 2.26. The molecule has 4 rings (SSSR count). The first-order chi connectivity index (χ1) is 11.2. The molecule has 1 aromatic heterocycles. The number of hydrogen-bond donors (Lipinski definition) is 0. The SMILES string of the molecule is Cc1c(Cl)ccc2sc(N3CCN(C4CCCCC4)CC3)nc12. The lowest BCUT2D eigenvalue weighted by Gasteiger charge is -2.40. The van der Waals surface area contributed by atoms with Crippen LogP contribution in [0.4, 0.5) is 5.13 Å².